The van der Waals surface area contributed by atoms with Crippen LogP contribution in [0.25, 0.3) is 0 Å². The maximum Gasteiger partial charge on any atom is 0.237 e. The molecule has 0 unspecified atom stereocenters. The third-order valence-electron chi connectivity index (χ3n) is 1.93. The molecule has 0 amide bonds. The Morgan fingerprint density at radius 3 is 2.53 bits per heavy atom. The Bertz CT molecular complexity index is 470. The van der Waals surface area contributed by atoms with E-state index in [1.54, 1.807) is 6.92 Å². The van der Waals surface area contributed by atoms with Crippen molar-refractivity contribution >= 4 is 19.7 Å². The fourth-order valence-electron chi connectivity index (χ4n) is 1.22. The van der Waals surface area contributed by atoms with Gasteiger partial charge in [-0.25, -0.2) is 12.8 Å². The smallest absolute Gasteiger partial charge is 0.237 e. The van der Waals surface area contributed by atoms with Crippen LogP contribution in [0.15, 0.2) is 12.1 Å². The summed E-state index contributed by atoms with van der Waals surface area (Å²) in [5.41, 5.74) is 0.318. The number of aryl methyl sites for hydroxylation is 1. The average molecular weight is 253 g/mol. The molecular formula is C9H10ClFO3S. The molecule has 0 N–H and O–H groups in total. The summed E-state index contributed by atoms with van der Waals surface area (Å²) in [6, 6.07) is 3.02. The topological polar surface area (TPSA) is 43.4 Å². The highest BCUT2D eigenvalue weighted by atomic mass is 35.7. The Morgan fingerprint density at radius 2 is 2.07 bits per heavy atom. The van der Waals surface area contributed by atoms with E-state index in [1.165, 1.54) is 19.2 Å². The van der Waals surface area contributed by atoms with Gasteiger partial charge in [-0.05, 0) is 18.6 Å². The summed E-state index contributed by atoms with van der Waals surface area (Å²) in [5.74, 6) is -0.994. The molecule has 0 heterocycles. The minimum Gasteiger partial charge on any atom is -0.496 e. The van der Waals surface area contributed by atoms with Gasteiger partial charge in [-0.1, -0.05) is 6.07 Å². The highest BCUT2D eigenvalue weighted by Crippen LogP contribution is 2.26. The van der Waals surface area contributed by atoms with Gasteiger partial charge in [0.15, 0.2) is 0 Å². The van der Waals surface area contributed by atoms with Crippen molar-refractivity contribution in [3.63, 3.8) is 0 Å². The van der Waals surface area contributed by atoms with Gasteiger partial charge in [-0.2, -0.15) is 0 Å². The van der Waals surface area contributed by atoms with Crippen LogP contribution in [0.4, 0.5) is 4.39 Å². The number of rotatable bonds is 3. The number of methoxy groups -OCH3 is 1. The Morgan fingerprint density at radius 1 is 1.47 bits per heavy atom. The van der Waals surface area contributed by atoms with E-state index in [0.717, 1.165) is 0 Å². The van der Waals surface area contributed by atoms with Crippen molar-refractivity contribution in [3.05, 3.63) is 29.1 Å². The van der Waals surface area contributed by atoms with Crippen molar-refractivity contribution in [1.82, 2.24) is 0 Å². The molecule has 0 radical (unpaired) electrons. The third kappa shape index (κ3) is 3.07. The van der Waals surface area contributed by atoms with Gasteiger partial charge in [0, 0.05) is 16.2 Å². The van der Waals surface area contributed by atoms with Crippen LogP contribution in [0.2, 0.25) is 0 Å². The van der Waals surface area contributed by atoms with Gasteiger partial charge in [0.2, 0.25) is 9.05 Å². The monoisotopic (exact) mass is 252 g/mol. The molecule has 1 rings (SSSR count). The molecule has 84 valence electrons. The lowest BCUT2D eigenvalue weighted by atomic mass is 10.1. The lowest BCUT2D eigenvalue weighted by Gasteiger charge is -2.09. The molecule has 1 aromatic rings. The summed E-state index contributed by atoms with van der Waals surface area (Å²) in [6.07, 6.45) is 0. The van der Waals surface area contributed by atoms with E-state index in [4.69, 9.17) is 15.4 Å². The molecule has 0 saturated carbocycles. The van der Waals surface area contributed by atoms with Crippen molar-refractivity contribution in [1.29, 1.82) is 0 Å². The zero-order chi connectivity index (χ0) is 11.6. The molecule has 0 saturated heterocycles. The third-order valence-corrected chi connectivity index (χ3v) is 2.89. The largest absolute Gasteiger partial charge is 0.496 e. The molecule has 6 heteroatoms. The normalized spacial score (nSPS) is 11.5. The van der Waals surface area contributed by atoms with Gasteiger partial charge >= 0.3 is 0 Å². The van der Waals surface area contributed by atoms with Gasteiger partial charge in [-0.15, -0.1) is 0 Å². The highest BCUT2D eigenvalue weighted by molar-refractivity contribution is 8.13. The summed E-state index contributed by atoms with van der Waals surface area (Å²) in [5, 5.41) is 0. The molecule has 0 aromatic heterocycles. The second kappa shape index (κ2) is 4.37. The minimum absolute atomic E-state index is 0.0347. The Labute approximate surface area is 92.2 Å². The van der Waals surface area contributed by atoms with E-state index in [0.29, 0.717) is 5.56 Å². The lowest BCUT2D eigenvalue weighted by Crippen LogP contribution is -2.03. The zero-order valence-corrected chi connectivity index (χ0v) is 9.82. The number of benzene rings is 1. The van der Waals surface area contributed by atoms with Crippen LogP contribution in [0.5, 0.6) is 5.75 Å². The molecule has 0 fully saturated rings. The maximum absolute atomic E-state index is 13.6. The Kier molecular flexibility index (Phi) is 3.57. The van der Waals surface area contributed by atoms with Crippen molar-refractivity contribution in [2.24, 2.45) is 0 Å². The first-order chi connectivity index (χ1) is 6.85. The van der Waals surface area contributed by atoms with Gasteiger partial charge in [0.25, 0.3) is 0 Å². The SMILES string of the molecule is COc1ccc(C)c(F)c1CS(=O)(=O)Cl. The number of ether oxygens (including phenoxy) is 1. The van der Waals surface area contributed by atoms with Crippen LogP contribution >= 0.6 is 10.7 Å². The maximum atomic E-state index is 13.6. The van der Waals surface area contributed by atoms with Crippen LogP contribution in [-0.4, -0.2) is 15.5 Å². The predicted octanol–water partition coefficient (Wildman–Crippen LogP) is 2.21. The van der Waals surface area contributed by atoms with Crippen LogP contribution < -0.4 is 4.74 Å². The average Bonchev–Trinajstić information content (AvgIpc) is 2.11. The van der Waals surface area contributed by atoms with Crippen LogP contribution in [0, 0.1) is 12.7 Å². The van der Waals surface area contributed by atoms with Gasteiger partial charge in [0.05, 0.1) is 12.9 Å². The first-order valence-electron chi connectivity index (χ1n) is 4.09. The fraction of sp³-hybridized carbons (Fsp3) is 0.333. The number of hydrogen-bond acceptors (Lipinski definition) is 3. The predicted molar refractivity (Wildman–Crippen MR) is 56.2 cm³/mol. The second-order valence-electron chi connectivity index (χ2n) is 3.06. The van der Waals surface area contributed by atoms with Gasteiger partial charge < -0.3 is 4.74 Å². The van der Waals surface area contributed by atoms with E-state index < -0.39 is 20.6 Å². The van der Waals surface area contributed by atoms with E-state index in [9.17, 15) is 12.8 Å². The van der Waals surface area contributed by atoms with Crippen molar-refractivity contribution in [2.75, 3.05) is 7.11 Å². The van der Waals surface area contributed by atoms with Gasteiger partial charge in [-0.3, -0.25) is 0 Å². The quantitative estimate of drug-likeness (QED) is 0.775. The Hall–Kier alpha value is -0.810. The van der Waals surface area contributed by atoms with E-state index in [1.807, 2.05) is 0 Å². The first kappa shape index (κ1) is 12.3. The summed E-state index contributed by atoms with van der Waals surface area (Å²) < 4.78 is 40.2. The number of hydrogen-bond donors (Lipinski definition) is 0. The number of halogens is 2. The highest BCUT2D eigenvalue weighted by Gasteiger charge is 2.17. The molecule has 0 aliphatic rings. The standard InChI is InChI=1S/C9H10ClFO3S/c1-6-3-4-8(14-2)7(9(6)11)5-15(10,12)13/h3-4H,5H2,1-2H3. The van der Waals surface area contributed by atoms with Crippen LogP contribution in [0.1, 0.15) is 11.1 Å². The van der Waals surface area contributed by atoms with E-state index in [2.05, 4.69) is 0 Å². The zero-order valence-electron chi connectivity index (χ0n) is 8.25. The van der Waals surface area contributed by atoms with Crippen molar-refractivity contribution in [2.45, 2.75) is 12.7 Å². The van der Waals surface area contributed by atoms with E-state index in [-0.39, 0.29) is 11.3 Å². The molecule has 0 atom stereocenters. The van der Waals surface area contributed by atoms with Gasteiger partial charge in [0.1, 0.15) is 11.6 Å². The molecular weight excluding hydrogens is 243 g/mol. The first-order valence-corrected chi connectivity index (χ1v) is 6.57. The second-order valence-corrected chi connectivity index (χ2v) is 5.84. The minimum atomic E-state index is -3.80. The molecule has 15 heavy (non-hydrogen) atoms. The molecule has 0 aliphatic carbocycles. The molecule has 0 spiro atoms. The molecule has 3 nitrogen and oxygen atoms in total. The summed E-state index contributed by atoms with van der Waals surface area (Å²) >= 11 is 0. The fourth-order valence-corrected chi connectivity index (χ4v) is 2.16. The summed E-state index contributed by atoms with van der Waals surface area (Å²) in [4.78, 5) is 0. The van der Waals surface area contributed by atoms with Crippen molar-refractivity contribution in [3.8, 4) is 5.75 Å². The van der Waals surface area contributed by atoms with E-state index >= 15 is 0 Å². The molecule has 0 aliphatic heterocycles. The lowest BCUT2D eigenvalue weighted by molar-refractivity contribution is 0.406. The molecule has 1 aromatic carbocycles. The van der Waals surface area contributed by atoms with Crippen LogP contribution in [0.3, 0.4) is 0 Å². The summed E-state index contributed by atoms with van der Waals surface area (Å²) in [6.45, 7) is 1.54. The van der Waals surface area contributed by atoms with Crippen LogP contribution in [-0.2, 0) is 14.8 Å². The Balaban J connectivity index is 3.30. The summed E-state index contributed by atoms with van der Waals surface area (Å²) in [7, 11) is 2.62. The molecule has 0 bridgehead atoms. The van der Waals surface area contributed by atoms with Crippen molar-refractivity contribution < 1.29 is 17.5 Å².